The predicted molar refractivity (Wildman–Crippen MR) is 89.6 cm³/mol. The first-order chi connectivity index (χ1) is 11.2. The van der Waals surface area contributed by atoms with Crippen LogP contribution >= 0.6 is 11.6 Å². The third-order valence-corrected chi connectivity index (χ3v) is 3.49. The van der Waals surface area contributed by atoms with Gasteiger partial charge in [-0.25, -0.2) is 0 Å². The zero-order chi connectivity index (χ0) is 16.5. The van der Waals surface area contributed by atoms with Crippen LogP contribution in [-0.2, 0) is 11.3 Å². The van der Waals surface area contributed by atoms with Crippen LogP contribution in [0.3, 0.4) is 0 Å². The maximum atomic E-state index is 12.0. The average Bonchev–Trinajstić information content (AvgIpc) is 2.58. The second kappa shape index (κ2) is 9.07. The highest BCUT2D eigenvalue weighted by Gasteiger charge is 2.08. The molecule has 0 fully saturated rings. The predicted octanol–water partition coefficient (Wildman–Crippen LogP) is 2.51. The van der Waals surface area contributed by atoms with E-state index in [0.29, 0.717) is 24.0 Å². The topological polar surface area (TPSA) is 76.1 Å². The van der Waals surface area contributed by atoms with Gasteiger partial charge in [0, 0.05) is 31.8 Å². The molecular weight excluding hydrogens is 316 g/mol. The Hall–Kier alpha value is -2.18. The lowest BCUT2D eigenvalue weighted by atomic mass is 10.2. The largest absolute Gasteiger partial charge is 0.385 e. The number of hydrogen-bond donors (Lipinski definition) is 2. The van der Waals surface area contributed by atoms with Crippen molar-refractivity contribution in [1.29, 1.82) is 0 Å². The summed E-state index contributed by atoms with van der Waals surface area (Å²) < 4.78 is 4.96. The van der Waals surface area contributed by atoms with E-state index in [4.69, 9.17) is 16.3 Å². The number of methoxy groups -OCH3 is 1. The van der Waals surface area contributed by atoms with Gasteiger partial charge in [-0.2, -0.15) is 0 Å². The molecule has 0 atom stereocenters. The fraction of sp³-hybridized carbons (Fsp3) is 0.312. The summed E-state index contributed by atoms with van der Waals surface area (Å²) in [5.74, 6) is 0.340. The van der Waals surface area contributed by atoms with Gasteiger partial charge in [-0.1, -0.05) is 29.8 Å². The molecule has 1 amide bonds. The smallest absolute Gasteiger partial charge is 0.272 e. The minimum absolute atomic E-state index is 0.263. The third kappa shape index (κ3) is 5.50. The summed E-state index contributed by atoms with van der Waals surface area (Å²) in [6.45, 7) is 1.76. The molecule has 0 aliphatic heterocycles. The molecule has 0 aliphatic carbocycles. The van der Waals surface area contributed by atoms with Gasteiger partial charge in [-0.15, -0.1) is 10.2 Å². The number of carbonyl (C=O) groups excluding carboxylic acids is 1. The normalized spacial score (nSPS) is 10.3. The lowest BCUT2D eigenvalue weighted by molar-refractivity contribution is 0.0945. The van der Waals surface area contributed by atoms with Crippen molar-refractivity contribution < 1.29 is 9.53 Å². The van der Waals surface area contributed by atoms with Crippen LogP contribution in [0.2, 0.25) is 5.02 Å². The quantitative estimate of drug-likeness (QED) is 0.725. The summed E-state index contributed by atoms with van der Waals surface area (Å²) in [5.41, 5.74) is 1.12. The van der Waals surface area contributed by atoms with Crippen LogP contribution in [0.5, 0.6) is 0 Å². The molecule has 0 saturated carbocycles. The zero-order valence-corrected chi connectivity index (χ0v) is 13.6. The zero-order valence-electron chi connectivity index (χ0n) is 12.9. The van der Waals surface area contributed by atoms with Crippen LogP contribution in [0.15, 0.2) is 36.4 Å². The summed E-state index contributed by atoms with van der Waals surface area (Å²) in [5, 5.41) is 14.4. The van der Waals surface area contributed by atoms with E-state index in [1.165, 1.54) is 0 Å². The number of halogens is 1. The number of anilines is 1. The number of amides is 1. The average molecular weight is 335 g/mol. The molecule has 23 heavy (non-hydrogen) atoms. The van der Waals surface area contributed by atoms with Gasteiger partial charge in [-0.05, 0) is 30.2 Å². The fourth-order valence-electron chi connectivity index (χ4n) is 1.89. The molecule has 0 aliphatic rings. The number of nitrogens with one attached hydrogen (secondary N) is 2. The summed E-state index contributed by atoms with van der Waals surface area (Å²) >= 11 is 6.05. The maximum Gasteiger partial charge on any atom is 0.272 e. The van der Waals surface area contributed by atoms with E-state index >= 15 is 0 Å². The van der Waals surface area contributed by atoms with Gasteiger partial charge in [0.15, 0.2) is 5.69 Å². The van der Waals surface area contributed by atoms with E-state index in [0.717, 1.165) is 18.5 Å². The Kier molecular flexibility index (Phi) is 6.77. The van der Waals surface area contributed by atoms with Crippen molar-refractivity contribution in [2.75, 3.05) is 25.6 Å². The molecule has 2 aromatic rings. The molecule has 2 rings (SSSR count). The molecule has 1 aromatic heterocycles. The van der Waals surface area contributed by atoms with Crippen LogP contribution in [-0.4, -0.2) is 36.4 Å². The first-order valence-corrected chi connectivity index (χ1v) is 7.66. The van der Waals surface area contributed by atoms with Crippen LogP contribution in [0, 0.1) is 0 Å². The standard InChI is InChI=1S/C16H19ClN4O2/c1-23-10-4-9-18-15-8-7-14(20-21-15)16(22)19-11-12-5-2-3-6-13(12)17/h2-3,5-8H,4,9-11H2,1H3,(H,18,21)(H,19,22). The molecule has 0 radical (unpaired) electrons. The summed E-state index contributed by atoms with van der Waals surface area (Å²) in [6.07, 6.45) is 0.873. The van der Waals surface area contributed by atoms with Crippen molar-refractivity contribution in [3.05, 3.63) is 52.7 Å². The summed E-state index contributed by atoms with van der Waals surface area (Å²) in [6, 6.07) is 10.7. The lowest BCUT2D eigenvalue weighted by Crippen LogP contribution is -2.24. The van der Waals surface area contributed by atoms with Crippen molar-refractivity contribution in [1.82, 2.24) is 15.5 Å². The second-order valence-electron chi connectivity index (χ2n) is 4.85. The number of benzene rings is 1. The van der Waals surface area contributed by atoms with Gasteiger partial charge >= 0.3 is 0 Å². The molecule has 0 bridgehead atoms. The first kappa shape index (κ1) is 17.2. The highest BCUT2D eigenvalue weighted by Crippen LogP contribution is 2.14. The van der Waals surface area contributed by atoms with Gasteiger partial charge in [-0.3, -0.25) is 4.79 Å². The molecule has 2 N–H and O–H groups in total. The minimum Gasteiger partial charge on any atom is -0.385 e. The summed E-state index contributed by atoms with van der Waals surface area (Å²) in [4.78, 5) is 12.0. The Morgan fingerprint density at radius 1 is 1.22 bits per heavy atom. The Morgan fingerprint density at radius 2 is 2.04 bits per heavy atom. The number of rotatable bonds is 8. The van der Waals surface area contributed by atoms with Gasteiger partial charge in [0.05, 0.1) is 0 Å². The van der Waals surface area contributed by atoms with Gasteiger partial charge in [0.1, 0.15) is 5.82 Å². The van der Waals surface area contributed by atoms with E-state index in [1.54, 1.807) is 25.3 Å². The van der Waals surface area contributed by atoms with Gasteiger partial charge < -0.3 is 15.4 Å². The first-order valence-electron chi connectivity index (χ1n) is 7.29. The van der Waals surface area contributed by atoms with Crippen molar-refractivity contribution in [2.45, 2.75) is 13.0 Å². The van der Waals surface area contributed by atoms with E-state index in [-0.39, 0.29) is 11.6 Å². The van der Waals surface area contributed by atoms with Crippen LogP contribution in [0.1, 0.15) is 22.5 Å². The highest BCUT2D eigenvalue weighted by atomic mass is 35.5. The Labute approximate surface area is 140 Å². The Morgan fingerprint density at radius 3 is 2.74 bits per heavy atom. The van der Waals surface area contributed by atoms with Gasteiger partial charge in [0.2, 0.25) is 0 Å². The summed E-state index contributed by atoms with van der Waals surface area (Å²) in [7, 11) is 1.66. The van der Waals surface area contributed by atoms with Crippen molar-refractivity contribution in [2.24, 2.45) is 0 Å². The van der Waals surface area contributed by atoms with Crippen molar-refractivity contribution in [3.8, 4) is 0 Å². The SMILES string of the molecule is COCCCNc1ccc(C(=O)NCc2ccccc2Cl)nn1. The van der Waals surface area contributed by atoms with Crippen LogP contribution in [0.4, 0.5) is 5.82 Å². The Balaban J connectivity index is 1.84. The van der Waals surface area contributed by atoms with Crippen LogP contribution in [0.25, 0.3) is 0 Å². The van der Waals surface area contributed by atoms with Crippen molar-refractivity contribution in [3.63, 3.8) is 0 Å². The monoisotopic (exact) mass is 334 g/mol. The molecule has 1 aromatic carbocycles. The Bertz CT molecular complexity index is 634. The molecule has 1 heterocycles. The van der Waals surface area contributed by atoms with E-state index < -0.39 is 0 Å². The number of hydrogen-bond acceptors (Lipinski definition) is 5. The lowest BCUT2D eigenvalue weighted by Gasteiger charge is -2.07. The molecule has 7 heteroatoms. The molecule has 6 nitrogen and oxygen atoms in total. The maximum absolute atomic E-state index is 12.0. The number of aromatic nitrogens is 2. The highest BCUT2D eigenvalue weighted by molar-refractivity contribution is 6.31. The van der Waals surface area contributed by atoms with E-state index in [9.17, 15) is 4.79 Å². The van der Waals surface area contributed by atoms with Crippen LogP contribution < -0.4 is 10.6 Å². The third-order valence-electron chi connectivity index (χ3n) is 3.13. The molecule has 0 saturated heterocycles. The fourth-order valence-corrected chi connectivity index (χ4v) is 2.09. The number of nitrogens with zero attached hydrogens (tertiary/aromatic N) is 2. The van der Waals surface area contributed by atoms with E-state index in [2.05, 4.69) is 20.8 Å². The van der Waals surface area contributed by atoms with E-state index in [1.807, 2.05) is 18.2 Å². The molecule has 122 valence electrons. The minimum atomic E-state index is -0.289. The molecule has 0 spiro atoms. The second-order valence-corrected chi connectivity index (χ2v) is 5.26. The number of carbonyl (C=O) groups is 1. The van der Waals surface area contributed by atoms with Crippen molar-refractivity contribution >= 4 is 23.3 Å². The van der Waals surface area contributed by atoms with Gasteiger partial charge in [0.25, 0.3) is 5.91 Å². The molecule has 0 unspecified atom stereocenters. The number of ether oxygens (including phenoxy) is 1. The molecular formula is C16H19ClN4O2.